The molecule has 8 nitrogen and oxygen atoms in total. The molecule has 242 valence electrons. The molecular weight excluding hydrogens is 627 g/mol. The van der Waals surface area contributed by atoms with Gasteiger partial charge < -0.3 is 20.3 Å². The summed E-state index contributed by atoms with van der Waals surface area (Å²) < 4.78 is 19.3. The number of hydrogen-bond donors (Lipinski definition) is 2. The van der Waals surface area contributed by atoms with Gasteiger partial charge in [0.15, 0.2) is 0 Å². The Kier molecular flexibility index (Phi) is 10.3. The molecule has 10 heteroatoms. The normalized spacial score (nSPS) is 13.5. The molecule has 6 rings (SSSR count). The van der Waals surface area contributed by atoms with Crippen molar-refractivity contribution in [2.75, 3.05) is 43.9 Å². The van der Waals surface area contributed by atoms with Crippen molar-refractivity contribution in [3.63, 3.8) is 0 Å². The summed E-state index contributed by atoms with van der Waals surface area (Å²) >= 11 is 6.52. The van der Waals surface area contributed by atoms with Crippen LogP contribution in [0.3, 0.4) is 0 Å². The van der Waals surface area contributed by atoms with E-state index in [9.17, 15) is 14.4 Å². The lowest BCUT2D eigenvalue weighted by Gasteiger charge is -2.32. The lowest BCUT2D eigenvalue weighted by molar-refractivity contribution is 0.102. The molecule has 2 heterocycles. The van der Waals surface area contributed by atoms with Gasteiger partial charge in [0.05, 0.1) is 16.3 Å². The number of likely N-dealkylation sites (N-methyl/N-ethyl adjacent to an activating group) is 1. The zero-order valence-electron chi connectivity index (χ0n) is 26.4. The molecule has 0 bridgehead atoms. The van der Waals surface area contributed by atoms with E-state index in [2.05, 4.69) is 38.5 Å². The quantitative estimate of drug-likeness (QED) is 0.158. The second-order valence-electron chi connectivity index (χ2n) is 11.7. The summed E-state index contributed by atoms with van der Waals surface area (Å²) in [5.41, 5.74) is 6.15. The number of amides is 1. The fourth-order valence-corrected chi connectivity index (χ4v) is 5.72. The molecule has 1 aliphatic heterocycles. The van der Waals surface area contributed by atoms with Crippen LogP contribution in [0, 0.1) is 17.1 Å². The van der Waals surface area contributed by atoms with Crippen LogP contribution >= 0.6 is 11.6 Å². The molecular formula is C38H34ClFN6O2. The number of nitrogens with zero attached hydrogens (tertiary/aromatic N) is 4. The number of carbonyl (C=O) groups excluding carboxylic acids is 1. The first kappa shape index (κ1) is 32.7. The Morgan fingerprint density at radius 2 is 1.69 bits per heavy atom. The maximum absolute atomic E-state index is 13.5. The van der Waals surface area contributed by atoms with Crippen LogP contribution in [0.25, 0.3) is 11.1 Å². The van der Waals surface area contributed by atoms with Crippen LogP contribution in [0.5, 0.6) is 5.75 Å². The summed E-state index contributed by atoms with van der Waals surface area (Å²) in [5, 5.41) is 16.5. The van der Waals surface area contributed by atoms with Gasteiger partial charge in [0.25, 0.3) is 5.91 Å². The second kappa shape index (κ2) is 15.1. The van der Waals surface area contributed by atoms with Gasteiger partial charge in [0.2, 0.25) is 0 Å². The molecule has 0 atom stereocenters. The third-order valence-electron chi connectivity index (χ3n) is 8.22. The van der Waals surface area contributed by atoms with E-state index in [1.807, 2.05) is 48.5 Å². The second-order valence-corrected chi connectivity index (χ2v) is 12.1. The van der Waals surface area contributed by atoms with Gasteiger partial charge >= 0.3 is 0 Å². The lowest BCUT2D eigenvalue weighted by atomic mass is 10.0. The minimum absolute atomic E-state index is 0.164. The maximum Gasteiger partial charge on any atom is 0.255 e. The van der Waals surface area contributed by atoms with E-state index >= 15 is 0 Å². The predicted molar refractivity (Wildman–Crippen MR) is 187 cm³/mol. The van der Waals surface area contributed by atoms with Gasteiger partial charge in [-0.05, 0) is 78.3 Å². The van der Waals surface area contributed by atoms with E-state index in [-0.39, 0.29) is 18.3 Å². The Hall–Kier alpha value is -5.27. The molecule has 0 saturated carbocycles. The maximum atomic E-state index is 13.5. The standard InChI is InChI=1S/C38H34ClFN6O2/c1-45-15-17-46(18-16-45)24-26-5-7-29(8-6-26)38(47)44-32-11-9-28(10-12-32)34-23-42-22-30(21-41)37(34)43-33-13-14-36(35(39)20-33)48-25-27-3-2-4-31(40)19-27/h2-14,19-20,22-23H,15-18,24-25H2,1H3,(H,42,43)(H,44,47). The number of halogens is 2. The van der Waals surface area contributed by atoms with Gasteiger partial charge in [0.1, 0.15) is 24.2 Å². The van der Waals surface area contributed by atoms with E-state index in [0.29, 0.717) is 50.1 Å². The predicted octanol–water partition coefficient (Wildman–Crippen LogP) is 7.74. The summed E-state index contributed by atoms with van der Waals surface area (Å²) in [6.07, 6.45) is 3.17. The van der Waals surface area contributed by atoms with Crippen molar-refractivity contribution in [3.8, 4) is 22.9 Å². The Bertz CT molecular complexity index is 1940. The monoisotopic (exact) mass is 660 g/mol. The molecule has 1 aliphatic rings. The van der Waals surface area contributed by atoms with E-state index in [1.54, 1.807) is 36.5 Å². The highest BCUT2D eigenvalue weighted by molar-refractivity contribution is 6.32. The van der Waals surface area contributed by atoms with Crippen molar-refractivity contribution in [2.45, 2.75) is 13.2 Å². The van der Waals surface area contributed by atoms with Gasteiger partial charge in [-0.2, -0.15) is 5.26 Å². The van der Waals surface area contributed by atoms with Gasteiger partial charge in [0, 0.05) is 67.6 Å². The van der Waals surface area contributed by atoms with E-state index in [1.165, 1.54) is 23.9 Å². The highest BCUT2D eigenvalue weighted by Gasteiger charge is 2.16. The number of anilines is 3. The average Bonchev–Trinajstić information content (AvgIpc) is 3.10. The van der Waals surface area contributed by atoms with Gasteiger partial charge in [-0.3, -0.25) is 14.7 Å². The van der Waals surface area contributed by atoms with Crippen molar-refractivity contribution >= 4 is 34.6 Å². The van der Waals surface area contributed by atoms with Crippen molar-refractivity contribution in [3.05, 3.63) is 136 Å². The number of nitrogens with one attached hydrogen (secondary N) is 2. The number of pyridine rings is 1. The molecule has 0 unspecified atom stereocenters. The summed E-state index contributed by atoms with van der Waals surface area (Å²) in [5.74, 6) is -0.0776. The molecule has 0 spiro atoms. The topological polar surface area (TPSA) is 93.5 Å². The van der Waals surface area contributed by atoms with Crippen LogP contribution in [0.2, 0.25) is 5.02 Å². The van der Waals surface area contributed by atoms with Crippen LogP contribution in [0.1, 0.15) is 27.0 Å². The van der Waals surface area contributed by atoms with E-state index < -0.39 is 0 Å². The summed E-state index contributed by atoms with van der Waals surface area (Å²) in [6, 6.07) is 28.7. The zero-order valence-corrected chi connectivity index (χ0v) is 27.2. The average molecular weight is 661 g/mol. The summed E-state index contributed by atoms with van der Waals surface area (Å²) in [4.78, 5) is 22.0. The van der Waals surface area contributed by atoms with E-state index in [0.717, 1.165) is 38.3 Å². The van der Waals surface area contributed by atoms with Crippen LogP contribution in [-0.4, -0.2) is 53.9 Å². The molecule has 1 fully saturated rings. The fourth-order valence-electron chi connectivity index (χ4n) is 5.49. The third kappa shape index (κ3) is 8.17. The third-order valence-corrected chi connectivity index (χ3v) is 8.52. The number of aromatic nitrogens is 1. The first-order valence-corrected chi connectivity index (χ1v) is 16.0. The van der Waals surface area contributed by atoms with Crippen molar-refractivity contribution in [1.82, 2.24) is 14.8 Å². The Balaban J connectivity index is 1.11. The molecule has 2 N–H and O–H groups in total. The van der Waals surface area contributed by atoms with Crippen LogP contribution in [-0.2, 0) is 13.2 Å². The van der Waals surface area contributed by atoms with Gasteiger partial charge in [-0.15, -0.1) is 0 Å². The Labute approximate surface area is 284 Å². The lowest BCUT2D eigenvalue weighted by Crippen LogP contribution is -2.43. The molecule has 4 aromatic carbocycles. The van der Waals surface area contributed by atoms with Crippen LogP contribution in [0.15, 0.2) is 103 Å². The minimum atomic E-state index is -0.333. The smallest absolute Gasteiger partial charge is 0.255 e. The number of rotatable bonds is 10. The largest absolute Gasteiger partial charge is 0.487 e. The van der Waals surface area contributed by atoms with Crippen molar-refractivity contribution in [2.24, 2.45) is 0 Å². The zero-order chi connectivity index (χ0) is 33.5. The SMILES string of the molecule is CN1CCN(Cc2ccc(C(=O)Nc3ccc(-c4cncc(C#N)c4Nc4ccc(OCc5cccc(F)c5)c(Cl)c4)cc3)cc2)CC1. The van der Waals surface area contributed by atoms with Crippen LogP contribution < -0.4 is 15.4 Å². The van der Waals surface area contributed by atoms with Crippen LogP contribution in [0.4, 0.5) is 21.5 Å². The highest BCUT2D eigenvalue weighted by atomic mass is 35.5. The van der Waals surface area contributed by atoms with Gasteiger partial charge in [-0.1, -0.05) is 48.0 Å². The number of benzene rings is 4. The molecule has 1 amide bonds. The minimum Gasteiger partial charge on any atom is -0.487 e. The van der Waals surface area contributed by atoms with Gasteiger partial charge in [-0.25, -0.2) is 4.39 Å². The number of hydrogen-bond acceptors (Lipinski definition) is 7. The first-order valence-electron chi connectivity index (χ1n) is 15.6. The molecule has 1 aromatic heterocycles. The molecule has 1 saturated heterocycles. The summed E-state index contributed by atoms with van der Waals surface area (Å²) in [6.45, 7) is 5.26. The Morgan fingerprint density at radius 3 is 2.40 bits per heavy atom. The van der Waals surface area contributed by atoms with E-state index in [4.69, 9.17) is 16.3 Å². The highest BCUT2D eigenvalue weighted by Crippen LogP contribution is 2.35. The molecule has 48 heavy (non-hydrogen) atoms. The van der Waals surface area contributed by atoms with Crippen molar-refractivity contribution < 1.29 is 13.9 Å². The number of nitriles is 1. The van der Waals surface area contributed by atoms with Crippen molar-refractivity contribution in [1.29, 1.82) is 5.26 Å². The number of piperazine rings is 1. The first-order chi connectivity index (χ1) is 23.3. The fraction of sp³-hybridized carbons (Fsp3) is 0.184. The molecule has 0 radical (unpaired) electrons. The Morgan fingerprint density at radius 1 is 0.938 bits per heavy atom. The number of ether oxygens (including phenoxy) is 1. The number of carbonyl (C=O) groups is 1. The molecule has 5 aromatic rings. The summed E-state index contributed by atoms with van der Waals surface area (Å²) in [7, 11) is 2.14. The molecule has 0 aliphatic carbocycles.